The van der Waals surface area contributed by atoms with Crippen molar-refractivity contribution in [3.8, 4) is 0 Å². The van der Waals surface area contributed by atoms with Crippen molar-refractivity contribution in [3.05, 3.63) is 65.2 Å². The summed E-state index contributed by atoms with van der Waals surface area (Å²) < 4.78 is 4.95. The van der Waals surface area contributed by atoms with Gasteiger partial charge in [0, 0.05) is 12.2 Å². The Hall–Kier alpha value is -2.82. The molecule has 1 heterocycles. The number of ether oxygens (including phenoxy) is 1. The number of aryl methyl sites for hydroxylation is 1. The number of rotatable bonds is 5. The Morgan fingerprint density at radius 3 is 2.67 bits per heavy atom. The first kappa shape index (κ1) is 19.0. The molecule has 0 bridgehead atoms. The molecule has 1 saturated heterocycles. The number of hydrogen-bond donors (Lipinski definition) is 1. The summed E-state index contributed by atoms with van der Waals surface area (Å²) in [5, 5.41) is 2.97. The average Bonchev–Trinajstić information content (AvgIpc) is 3.13. The zero-order chi connectivity index (χ0) is 19.2. The lowest BCUT2D eigenvalue weighted by atomic mass is 10.0. The maximum absolute atomic E-state index is 12.8. The van der Waals surface area contributed by atoms with E-state index in [-0.39, 0.29) is 24.5 Å². The van der Waals surface area contributed by atoms with Crippen LogP contribution >= 0.6 is 0 Å². The Morgan fingerprint density at radius 1 is 1.19 bits per heavy atom. The van der Waals surface area contributed by atoms with Gasteiger partial charge < -0.3 is 15.0 Å². The van der Waals surface area contributed by atoms with Gasteiger partial charge in [-0.3, -0.25) is 4.79 Å². The summed E-state index contributed by atoms with van der Waals surface area (Å²) in [5.74, 6) is -0.243. The zero-order valence-electron chi connectivity index (χ0n) is 15.9. The number of hydrogen-bond acceptors (Lipinski definition) is 3. The summed E-state index contributed by atoms with van der Waals surface area (Å²) in [6.45, 7) is 5.00. The molecule has 2 aromatic rings. The molecule has 1 N–H and O–H groups in total. The third kappa shape index (κ3) is 4.88. The van der Waals surface area contributed by atoms with Crippen LogP contribution in [0.25, 0.3) is 0 Å². The Morgan fingerprint density at radius 2 is 1.96 bits per heavy atom. The van der Waals surface area contributed by atoms with E-state index in [1.807, 2.05) is 35.2 Å². The van der Waals surface area contributed by atoms with Crippen LogP contribution in [-0.2, 0) is 16.0 Å². The quantitative estimate of drug-likeness (QED) is 0.794. The monoisotopic (exact) mass is 366 g/mol. The molecular weight excluding hydrogens is 340 g/mol. The summed E-state index contributed by atoms with van der Waals surface area (Å²) in [4.78, 5) is 26.2. The number of nitrogens with zero attached hydrogens (tertiary/aromatic N) is 1. The molecule has 1 unspecified atom stereocenters. The average molecular weight is 366 g/mol. The highest BCUT2D eigenvalue weighted by molar-refractivity contribution is 5.90. The van der Waals surface area contributed by atoms with Crippen molar-refractivity contribution in [2.45, 2.75) is 39.2 Å². The molecule has 142 valence electrons. The second-order valence-corrected chi connectivity index (χ2v) is 6.87. The van der Waals surface area contributed by atoms with Crippen LogP contribution in [0.2, 0.25) is 0 Å². The van der Waals surface area contributed by atoms with E-state index in [0.29, 0.717) is 6.61 Å². The number of benzene rings is 2. The highest BCUT2D eigenvalue weighted by Crippen LogP contribution is 2.32. The fourth-order valence-electron chi connectivity index (χ4n) is 3.51. The van der Waals surface area contributed by atoms with Crippen LogP contribution in [-0.4, -0.2) is 30.1 Å². The van der Waals surface area contributed by atoms with Crippen LogP contribution in [0.1, 0.15) is 42.5 Å². The van der Waals surface area contributed by atoms with E-state index in [9.17, 15) is 9.59 Å². The molecule has 3 rings (SSSR count). The number of urea groups is 1. The van der Waals surface area contributed by atoms with Gasteiger partial charge in [-0.15, -0.1) is 0 Å². The van der Waals surface area contributed by atoms with Gasteiger partial charge >= 0.3 is 12.0 Å². The van der Waals surface area contributed by atoms with Crippen LogP contribution in [0.15, 0.2) is 48.5 Å². The van der Waals surface area contributed by atoms with E-state index >= 15 is 0 Å². The Kier molecular flexibility index (Phi) is 6.12. The van der Waals surface area contributed by atoms with Gasteiger partial charge in [-0.1, -0.05) is 42.0 Å². The molecule has 0 aromatic heterocycles. The zero-order valence-corrected chi connectivity index (χ0v) is 15.9. The van der Waals surface area contributed by atoms with Crippen molar-refractivity contribution < 1.29 is 14.3 Å². The molecule has 0 radical (unpaired) electrons. The van der Waals surface area contributed by atoms with Crippen molar-refractivity contribution in [2.24, 2.45) is 0 Å². The fourth-order valence-corrected chi connectivity index (χ4v) is 3.51. The molecule has 5 nitrogen and oxygen atoms in total. The minimum Gasteiger partial charge on any atom is -0.466 e. The number of anilines is 1. The van der Waals surface area contributed by atoms with Gasteiger partial charge in [-0.25, -0.2) is 4.79 Å². The number of nitrogens with one attached hydrogen (secondary N) is 1. The molecule has 27 heavy (non-hydrogen) atoms. The lowest BCUT2D eigenvalue weighted by Crippen LogP contribution is -2.34. The molecular formula is C22H26N2O3. The van der Waals surface area contributed by atoms with Crippen molar-refractivity contribution >= 4 is 17.7 Å². The van der Waals surface area contributed by atoms with E-state index in [0.717, 1.165) is 30.6 Å². The largest absolute Gasteiger partial charge is 0.466 e. The fraction of sp³-hybridized carbons (Fsp3) is 0.364. The highest BCUT2D eigenvalue weighted by atomic mass is 16.5. The minimum atomic E-state index is -0.243. The van der Waals surface area contributed by atoms with Gasteiger partial charge in [0.05, 0.1) is 19.1 Å². The topological polar surface area (TPSA) is 58.6 Å². The van der Waals surface area contributed by atoms with Crippen LogP contribution in [0.5, 0.6) is 0 Å². The minimum absolute atomic E-state index is 0.0860. The normalized spacial score (nSPS) is 16.2. The van der Waals surface area contributed by atoms with Gasteiger partial charge in [-0.05, 0) is 49.9 Å². The number of likely N-dealkylation sites (tertiary alicyclic amines) is 1. The summed E-state index contributed by atoms with van der Waals surface area (Å²) in [6.07, 6.45) is 2.23. The van der Waals surface area contributed by atoms with Crippen molar-refractivity contribution in [3.63, 3.8) is 0 Å². The highest BCUT2D eigenvalue weighted by Gasteiger charge is 2.30. The van der Waals surface area contributed by atoms with E-state index in [2.05, 4.69) is 30.4 Å². The summed E-state index contributed by atoms with van der Waals surface area (Å²) in [7, 11) is 0. The molecule has 1 aliphatic heterocycles. The maximum Gasteiger partial charge on any atom is 0.322 e. The first-order chi connectivity index (χ1) is 13.1. The van der Waals surface area contributed by atoms with Crippen molar-refractivity contribution in [1.82, 2.24) is 4.90 Å². The molecule has 2 aromatic carbocycles. The molecule has 0 saturated carbocycles. The SMILES string of the molecule is CCOC(=O)Cc1ccc(NC(=O)N2CCCC2c2cccc(C)c2)cc1. The van der Waals surface area contributed by atoms with Crippen LogP contribution in [0.3, 0.4) is 0 Å². The summed E-state index contributed by atoms with van der Waals surface area (Å²) in [5.41, 5.74) is 3.98. The first-order valence-corrected chi connectivity index (χ1v) is 9.45. The number of carbonyl (C=O) groups excluding carboxylic acids is 2. The lowest BCUT2D eigenvalue weighted by molar-refractivity contribution is -0.142. The molecule has 1 atom stereocenters. The van der Waals surface area contributed by atoms with Gasteiger partial charge in [0.1, 0.15) is 0 Å². The second-order valence-electron chi connectivity index (χ2n) is 6.87. The van der Waals surface area contributed by atoms with E-state index in [1.54, 1.807) is 6.92 Å². The van der Waals surface area contributed by atoms with E-state index in [4.69, 9.17) is 4.74 Å². The van der Waals surface area contributed by atoms with E-state index in [1.165, 1.54) is 11.1 Å². The Balaban J connectivity index is 1.63. The van der Waals surface area contributed by atoms with Crippen LogP contribution in [0.4, 0.5) is 10.5 Å². The maximum atomic E-state index is 12.8. The van der Waals surface area contributed by atoms with Crippen LogP contribution in [0, 0.1) is 6.92 Å². The second kappa shape index (κ2) is 8.71. The molecule has 0 spiro atoms. The van der Waals surface area contributed by atoms with Crippen molar-refractivity contribution in [1.29, 1.82) is 0 Å². The summed E-state index contributed by atoms with van der Waals surface area (Å²) >= 11 is 0. The lowest BCUT2D eigenvalue weighted by Gasteiger charge is -2.25. The van der Waals surface area contributed by atoms with Gasteiger partial charge in [0.25, 0.3) is 0 Å². The predicted molar refractivity (Wildman–Crippen MR) is 106 cm³/mol. The molecule has 2 amide bonds. The molecule has 0 aliphatic carbocycles. The number of esters is 1. The van der Waals surface area contributed by atoms with Gasteiger partial charge in [0.2, 0.25) is 0 Å². The van der Waals surface area contributed by atoms with Gasteiger partial charge in [-0.2, -0.15) is 0 Å². The smallest absolute Gasteiger partial charge is 0.322 e. The number of carbonyl (C=O) groups is 2. The Labute approximate surface area is 160 Å². The third-order valence-corrected chi connectivity index (χ3v) is 4.80. The summed E-state index contributed by atoms with van der Waals surface area (Å²) in [6, 6.07) is 15.7. The predicted octanol–water partition coefficient (Wildman–Crippen LogP) is 4.47. The van der Waals surface area contributed by atoms with E-state index < -0.39 is 0 Å². The van der Waals surface area contributed by atoms with Crippen molar-refractivity contribution in [2.75, 3.05) is 18.5 Å². The number of amides is 2. The van der Waals surface area contributed by atoms with Gasteiger partial charge in [0.15, 0.2) is 0 Å². The van der Waals surface area contributed by atoms with Crippen LogP contribution < -0.4 is 5.32 Å². The molecule has 1 fully saturated rings. The first-order valence-electron chi connectivity index (χ1n) is 9.45. The third-order valence-electron chi connectivity index (χ3n) is 4.80. The molecule has 5 heteroatoms. The standard InChI is InChI=1S/C22H26N2O3/c1-3-27-21(25)15-17-9-11-19(12-10-17)23-22(26)24-13-5-8-20(24)18-7-4-6-16(2)14-18/h4,6-7,9-12,14,20H,3,5,8,13,15H2,1-2H3,(H,23,26). The Bertz CT molecular complexity index is 801. The molecule has 1 aliphatic rings.